The highest BCUT2D eigenvalue weighted by Crippen LogP contribution is 2.21. The molecule has 0 saturated heterocycles. The van der Waals surface area contributed by atoms with Crippen LogP contribution in [0.25, 0.3) is 11.4 Å². The molecule has 1 aromatic heterocycles. The summed E-state index contributed by atoms with van der Waals surface area (Å²) in [5.41, 5.74) is 4.17. The van der Waals surface area contributed by atoms with Gasteiger partial charge in [0.15, 0.2) is 0 Å². The molecule has 4 unspecified atom stereocenters. The Labute approximate surface area is 311 Å². The summed E-state index contributed by atoms with van der Waals surface area (Å²) in [5.74, 6) is -0.897. The summed E-state index contributed by atoms with van der Waals surface area (Å²) in [6, 6.07) is 13.9. The van der Waals surface area contributed by atoms with Gasteiger partial charge >= 0.3 is 12.2 Å². The van der Waals surface area contributed by atoms with Crippen molar-refractivity contribution in [3.05, 3.63) is 65.7 Å². The van der Waals surface area contributed by atoms with Gasteiger partial charge in [-0.2, -0.15) is 4.80 Å². The van der Waals surface area contributed by atoms with E-state index in [0.29, 0.717) is 5.82 Å². The number of hydrazine groups is 1. The second-order valence-corrected chi connectivity index (χ2v) is 15.3. The second kappa shape index (κ2) is 18.6. The highest BCUT2D eigenvalue weighted by atomic mass is 16.5. The summed E-state index contributed by atoms with van der Waals surface area (Å²) in [5, 5.41) is 34.3. The Balaban J connectivity index is 1.95. The summed E-state index contributed by atoms with van der Waals surface area (Å²) in [6.45, 7) is 14.9. The molecule has 4 atom stereocenters. The zero-order valence-corrected chi connectivity index (χ0v) is 32.3. The first-order valence-electron chi connectivity index (χ1n) is 17.5. The molecule has 0 fully saturated rings. The fourth-order valence-corrected chi connectivity index (χ4v) is 5.31. The van der Waals surface area contributed by atoms with Crippen LogP contribution in [-0.2, 0) is 37.6 Å². The first kappa shape index (κ1) is 42.3. The van der Waals surface area contributed by atoms with Gasteiger partial charge in [0.25, 0.3) is 5.91 Å². The van der Waals surface area contributed by atoms with Crippen LogP contribution in [-0.4, -0.2) is 99.3 Å². The van der Waals surface area contributed by atoms with Crippen molar-refractivity contribution in [3.8, 4) is 11.4 Å². The quantitative estimate of drug-likeness (QED) is 0.144. The van der Waals surface area contributed by atoms with Gasteiger partial charge in [0.1, 0.15) is 12.1 Å². The van der Waals surface area contributed by atoms with E-state index < -0.39 is 53.6 Å². The van der Waals surface area contributed by atoms with E-state index in [1.165, 1.54) is 19.2 Å². The molecule has 2 aromatic carbocycles. The van der Waals surface area contributed by atoms with E-state index in [2.05, 4.69) is 36.8 Å². The monoisotopic (exact) mass is 737 g/mol. The Hall–Kier alpha value is -5.09. The molecule has 0 radical (unpaired) electrons. The zero-order chi connectivity index (χ0) is 39.5. The maximum atomic E-state index is 13.8. The van der Waals surface area contributed by atoms with Crippen LogP contribution in [0.1, 0.15) is 66.5 Å². The predicted molar refractivity (Wildman–Crippen MR) is 198 cm³/mol. The molecule has 53 heavy (non-hydrogen) atoms. The van der Waals surface area contributed by atoms with Gasteiger partial charge < -0.3 is 30.5 Å². The number of hydrogen-bond donors (Lipinski definition) is 5. The van der Waals surface area contributed by atoms with Crippen LogP contribution in [0.4, 0.5) is 9.59 Å². The molecule has 0 aliphatic rings. The largest absolute Gasteiger partial charge is 0.453 e. The maximum absolute atomic E-state index is 13.8. The lowest BCUT2D eigenvalue weighted by molar-refractivity contribution is -0.132. The van der Waals surface area contributed by atoms with Crippen molar-refractivity contribution >= 4 is 24.0 Å². The van der Waals surface area contributed by atoms with Crippen LogP contribution in [0, 0.1) is 11.3 Å². The molecule has 0 aliphatic carbocycles. The van der Waals surface area contributed by atoms with Crippen molar-refractivity contribution < 1.29 is 33.8 Å². The normalized spacial score (nSPS) is 14.1. The molecule has 16 nitrogen and oxygen atoms in total. The standard InChI is InChI=1S/C37H55N9O7/c1-23(2)29(39-34(50)52-9)32(48)38-27(20-24-14-12-11-13-15-24)28(47)22-45(43-33(49)30(36(3,4)5)40-35(51)53-10)21-25-16-18-26(19-17-25)31-41-44-46(42-31)37(6,7)8/h11-19,23,27-30,47H,20-22H2,1-10H3,(H,38,48)(H,39,50)(H,40,51)(H,43,49). The highest BCUT2D eigenvalue weighted by molar-refractivity contribution is 5.86. The van der Waals surface area contributed by atoms with Crippen LogP contribution in [0.3, 0.4) is 0 Å². The number of nitrogens with zero attached hydrogens (tertiary/aromatic N) is 5. The van der Waals surface area contributed by atoms with Gasteiger partial charge in [0, 0.05) is 18.7 Å². The van der Waals surface area contributed by atoms with Crippen molar-refractivity contribution in [2.24, 2.45) is 11.3 Å². The highest BCUT2D eigenvalue weighted by Gasteiger charge is 2.35. The van der Waals surface area contributed by atoms with Gasteiger partial charge in [0.2, 0.25) is 11.7 Å². The number of ether oxygens (including phenoxy) is 2. The minimum absolute atomic E-state index is 0.130. The molecule has 290 valence electrons. The number of nitrogens with one attached hydrogen (secondary N) is 4. The Morgan fingerprint density at radius 2 is 1.43 bits per heavy atom. The lowest BCUT2D eigenvalue weighted by Crippen LogP contribution is -2.60. The third-order valence-electron chi connectivity index (χ3n) is 8.35. The van der Waals surface area contributed by atoms with E-state index in [1.807, 2.05) is 75.4 Å². The van der Waals surface area contributed by atoms with Gasteiger partial charge in [-0.15, -0.1) is 10.2 Å². The van der Waals surface area contributed by atoms with Gasteiger partial charge in [-0.3, -0.25) is 15.0 Å². The molecule has 0 aliphatic heterocycles. The molecular weight excluding hydrogens is 682 g/mol. The predicted octanol–water partition coefficient (Wildman–Crippen LogP) is 3.17. The Kier molecular flexibility index (Phi) is 14.9. The minimum atomic E-state index is -1.23. The first-order valence-corrected chi connectivity index (χ1v) is 17.5. The van der Waals surface area contributed by atoms with Gasteiger partial charge in [0.05, 0.1) is 31.9 Å². The number of methoxy groups -OCH3 is 2. The number of carbonyl (C=O) groups is 4. The number of aliphatic hydroxyl groups excluding tert-OH is 1. The average Bonchev–Trinajstić information content (AvgIpc) is 3.60. The molecule has 0 spiro atoms. The number of aromatic nitrogens is 4. The van der Waals surface area contributed by atoms with Crippen molar-refractivity contribution in [2.45, 2.75) is 98.1 Å². The maximum Gasteiger partial charge on any atom is 0.407 e. The van der Waals surface area contributed by atoms with Crippen molar-refractivity contribution in [1.82, 2.24) is 46.6 Å². The fraction of sp³-hybridized carbons (Fsp3) is 0.541. The summed E-state index contributed by atoms with van der Waals surface area (Å²) in [6.07, 6.45) is -2.53. The molecule has 0 saturated carbocycles. The molecule has 3 rings (SSSR count). The third kappa shape index (κ3) is 12.8. The molecule has 4 amide bonds. The van der Waals surface area contributed by atoms with E-state index in [9.17, 15) is 24.3 Å². The van der Waals surface area contributed by atoms with Crippen molar-refractivity contribution in [2.75, 3.05) is 20.8 Å². The number of rotatable bonds is 15. The fourth-order valence-electron chi connectivity index (χ4n) is 5.31. The number of hydrogen-bond acceptors (Lipinski definition) is 11. The summed E-state index contributed by atoms with van der Waals surface area (Å²) < 4.78 is 9.50. The average molecular weight is 738 g/mol. The number of alkyl carbamates (subject to hydrolysis) is 2. The number of tetrazole rings is 1. The number of amides is 4. The van der Waals surface area contributed by atoms with E-state index in [0.717, 1.165) is 16.7 Å². The Morgan fingerprint density at radius 3 is 1.96 bits per heavy atom. The van der Waals surface area contributed by atoms with Crippen LogP contribution in [0.15, 0.2) is 54.6 Å². The molecule has 1 heterocycles. The SMILES string of the molecule is COC(=O)NC(C(=O)NC(Cc1ccccc1)C(O)CN(Cc1ccc(-c2nnn(C(C)(C)C)n2)cc1)NC(=O)C(NC(=O)OC)C(C)(C)C)C(C)C. The zero-order valence-electron chi connectivity index (χ0n) is 32.3. The van der Waals surface area contributed by atoms with Crippen LogP contribution >= 0.6 is 0 Å². The molecular formula is C37H55N9O7. The molecule has 5 N–H and O–H groups in total. The summed E-state index contributed by atoms with van der Waals surface area (Å²) >= 11 is 0. The number of aliphatic hydroxyl groups is 1. The summed E-state index contributed by atoms with van der Waals surface area (Å²) in [7, 11) is 2.42. The van der Waals surface area contributed by atoms with Crippen molar-refractivity contribution in [3.63, 3.8) is 0 Å². The lowest BCUT2D eigenvalue weighted by Gasteiger charge is -2.35. The minimum Gasteiger partial charge on any atom is -0.453 e. The van der Waals surface area contributed by atoms with Crippen molar-refractivity contribution in [1.29, 1.82) is 0 Å². The summed E-state index contributed by atoms with van der Waals surface area (Å²) in [4.78, 5) is 53.3. The Bertz CT molecular complexity index is 1650. The van der Waals surface area contributed by atoms with Crippen LogP contribution in [0.2, 0.25) is 0 Å². The molecule has 16 heteroatoms. The van der Waals surface area contributed by atoms with E-state index in [-0.39, 0.29) is 31.0 Å². The van der Waals surface area contributed by atoms with E-state index in [4.69, 9.17) is 9.47 Å². The van der Waals surface area contributed by atoms with E-state index in [1.54, 1.807) is 39.4 Å². The second-order valence-electron chi connectivity index (χ2n) is 15.3. The van der Waals surface area contributed by atoms with Crippen LogP contribution < -0.4 is 21.4 Å². The first-order chi connectivity index (χ1) is 24.8. The Morgan fingerprint density at radius 1 is 0.830 bits per heavy atom. The molecule has 3 aromatic rings. The molecule has 0 bridgehead atoms. The van der Waals surface area contributed by atoms with Gasteiger partial charge in [-0.05, 0) is 54.9 Å². The topological polar surface area (TPSA) is 202 Å². The number of benzene rings is 2. The smallest absolute Gasteiger partial charge is 0.407 e. The third-order valence-corrected chi connectivity index (χ3v) is 8.35. The van der Waals surface area contributed by atoms with Gasteiger partial charge in [-0.25, -0.2) is 14.6 Å². The lowest BCUT2D eigenvalue weighted by atomic mass is 9.86. The van der Waals surface area contributed by atoms with Gasteiger partial charge in [-0.1, -0.05) is 89.2 Å². The van der Waals surface area contributed by atoms with E-state index >= 15 is 0 Å². The number of carbonyl (C=O) groups excluding carboxylic acids is 4. The van der Waals surface area contributed by atoms with Crippen LogP contribution in [0.5, 0.6) is 0 Å².